The van der Waals surface area contributed by atoms with Crippen molar-refractivity contribution in [2.24, 2.45) is 0 Å². The van der Waals surface area contributed by atoms with Crippen molar-refractivity contribution in [3.05, 3.63) is 34.8 Å². The van der Waals surface area contributed by atoms with Crippen molar-refractivity contribution >= 4 is 43.8 Å². The molecule has 0 unspecified atom stereocenters. The maximum absolute atomic E-state index is 12.0. The number of aromatic nitrogens is 1. The minimum Gasteiger partial charge on any atom is -0.398 e. The van der Waals surface area contributed by atoms with Gasteiger partial charge in [-0.25, -0.2) is 13.4 Å². The molecular formula is C9H8ClN3O2S2. The van der Waals surface area contributed by atoms with E-state index >= 15 is 0 Å². The highest BCUT2D eigenvalue weighted by Crippen LogP contribution is 2.29. The quantitative estimate of drug-likeness (QED) is 0.848. The average molecular weight is 290 g/mol. The van der Waals surface area contributed by atoms with Crippen LogP contribution in [0, 0.1) is 0 Å². The Morgan fingerprint density at radius 3 is 2.76 bits per heavy atom. The maximum atomic E-state index is 12.0. The topological polar surface area (TPSA) is 85.1 Å². The van der Waals surface area contributed by atoms with E-state index < -0.39 is 10.0 Å². The third kappa shape index (κ3) is 2.51. The molecule has 8 heteroatoms. The van der Waals surface area contributed by atoms with Gasteiger partial charge in [-0.15, -0.1) is 11.3 Å². The van der Waals surface area contributed by atoms with Crippen LogP contribution in [0.25, 0.3) is 0 Å². The lowest BCUT2D eigenvalue weighted by Crippen LogP contribution is -2.15. The van der Waals surface area contributed by atoms with Crippen LogP contribution in [0.2, 0.25) is 5.02 Å². The molecule has 0 radical (unpaired) electrons. The number of benzene rings is 1. The van der Waals surface area contributed by atoms with E-state index in [0.29, 0.717) is 0 Å². The molecule has 1 aromatic heterocycles. The number of nitrogens with zero attached hydrogens (tertiary/aromatic N) is 1. The fourth-order valence-electron chi connectivity index (χ4n) is 1.25. The van der Waals surface area contributed by atoms with Gasteiger partial charge in [-0.3, -0.25) is 4.72 Å². The largest absolute Gasteiger partial charge is 0.398 e. The van der Waals surface area contributed by atoms with E-state index in [2.05, 4.69) is 9.71 Å². The molecule has 0 amide bonds. The summed E-state index contributed by atoms with van der Waals surface area (Å²) in [5.74, 6) is 0. The summed E-state index contributed by atoms with van der Waals surface area (Å²) in [6.07, 6.45) is 1.50. The van der Waals surface area contributed by atoms with Crippen LogP contribution in [0.5, 0.6) is 0 Å². The molecule has 3 N–H and O–H groups in total. The second-order valence-corrected chi connectivity index (χ2v) is 6.02. The Morgan fingerprint density at radius 1 is 1.41 bits per heavy atom. The van der Waals surface area contributed by atoms with E-state index in [-0.39, 0.29) is 20.7 Å². The van der Waals surface area contributed by atoms with Crippen molar-refractivity contribution in [1.82, 2.24) is 4.98 Å². The molecule has 2 rings (SSSR count). The number of halogens is 1. The smallest absolute Gasteiger partial charge is 0.267 e. The van der Waals surface area contributed by atoms with Gasteiger partial charge < -0.3 is 5.73 Å². The second kappa shape index (κ2) is 4.52. The Labute approximate surface area is 107 Å². The van der Waals surface area contributed by atoms with E-state index in [1.807, 2.05) is 0 Å². The van der Waals surface area contributed by atoms with Gasteiger partial charge in [-0.1, -0.05) is 17.7 Å². The number of anilines is 2. The molecule has 0 aliphatic rings. The number of nitrogens with two attached hydrogens (primary N) is 1. The van der Waals surface area contributed by atoms with Gasteiger partial charge in [-0.2, -0.15) is 0 Å². The molecule has 0 aliphatic carbocycles. The van der Waals surface area contributed by atoms with Gasteiger partial charge in [0.15, 0.2) is 5.13 Å². The number of hydrogen-bond acceptors (Lipinski definition) is 5. The van der Waals surface area contributed by atoms with E-state index in [1.54, 1.807) is 11.4 Å². The Morgan fingerprint density at radius 2 is 2.18 bits per heavy atom. The monoisotopic (exact) mass is 289 g/mol. The van der Waals surface area contributed by atoms with E-state index in [1.165, 1.54) is 29.7 Å². The summed E-state index contributed by atoms with van der Waals surface area (Å²) in [5, 5.41) is 2.01. The lowest BCUT2D eigenvalue weighted by atomic mass is 10.3. The van der Waals surface area contributed by atoms with Gasteiger partial charge in [0.2, 0.25) is 0 Å². The summed E-state index contributed by atoms with van der Waals surface area (Å²) in [7, 11) is -3.80. The van der Waals surface area contributed by atoms with Gasteiger partial charge in [0, 0.05) is 11.6 Å². The van der Waals surface area contributed by atoms with Crippen molar-refractivity contribution in [2.45, 2.75) is 4.90 Å². The molecule has 0 fully saturated rings. The molecular weight excluding hydrogens is 282 g/mol. The van der Waals surface area contributed by atoms with Gasteiger partial charge in [-0.05, 0) is 12.1 Å². The molecule has 1 heterocycles. The normalized spacial score (nSPS) is 11.4. The van der Waals surface area contributed by atoms with Crippen molar-refractivity contribution in [1.29, 1.82) is 0 Å². The molecule has 0 spiro atoms. The maximum Gasteiger partial charge on any atom is 0.267 e. The zero-order valence-corrected chi connectivity index (χ0v) is 10.8. The molecule has 2 aromatic rings. The molecule has 0 saturated heterocycles. The highest BCUT2D eigenvalue weighted by atomic mass is 35.5. The number of hydrogen-bond donors (Lipinski definition) is 2. The number of thiazole rings is 1. The predicted octanol–water partition coefficient (Wildman–Crippen LogP) is 2.18. The fourth-order valence-corrected chi connectivity index (χ4v) is 3.72. The first-order valence-electron chi connectivity index (χ1n) is 4.47. The SMILES string of the molecule is Nc1cccc(Cl)c1S(=O)(=O)Nc1nccs1. The van der Waals surface area contributed by atoms with Crippen LogP contribution >= 0.6 is 22.9 Å². The number of rotatable bonds is 3. The lowest BCUT2D eigenvalue weighted by molar-refractivity contribution is 0.601. The Hall–Kier alpha value is -1.31. The highest BCUT2D eigenvalue weighted by molar-refractivity contribution is 7.93. The molecule has 0 aliphatic heterocycles. The Bertz CT molecular complexity index is 605. The van der Waals surface area contributed by atoms with Crippen molar-refractivity contribution in [2.75, 3.05) is 10.5 Å². The van der Waals surface area contributed by atoms with Gasteiger partial charge >= 0.3 is 0 Å². The molecule has 0 bridgehead atoms. The van der Waals surface area contributed by atoms with Crippen LogP contribution < -0.4 is 10.5 Å². The van der Waals surface area contributed by atoms with Gasteiger partial charge in [0.05, 0.1) is 10.7 Å². The van der Waals surface area contributed by atoms with Crippen LogP contribution in [0.15, 0.2) is 34.7 Å². The van der Waals surface area contributed by atoms with Gasteiger partial charge in [0.1, 0.15) is 4.90 Å². The van der Waals surface area contributed by atoms with Crippen LogP contribution in [-0.4, -0.2) is 13.4 Å². The second-order valence-electron chi connectivity index (χ2n) is 3.10. The van der Waals surface area contributed by atoms with Crippen LogP contribution in [0.4, 0.5) is 10.8 Å². The standard InChI is InChI=1S/C9H8ClN3O2S2/c10-6-2-1-3-7(11)8(6)17(14,15)13-9-12-4-5-16-9/h1-5H,11H2,(H,12,13). The minimum atomic E-state index is -3.80. The summed E-state index contributed by atoms with van der Waals surface area (Å²) < 4.78 is 26.4. The molecule has 5 nitrogen and oxygen atoms in total. The molecule has 0 saturated carbocycles. The van der Waals surface area contributed by atoms with E-state index in [9.17, 15) is 8.42 Å². The molecule has 1 aromatic carbocycles. The average Bonchev–Trinajstić information content (AvgIpc) is 2.68. The van der Waals surface area contributed by atoms with Crippen molar-refractivity contribution < 1.29 is 8.42 Å². The fraction of sp³-hybridized carbons (Fsp3) is 0. The Balaban J connectivity index is 2.45. The zero-order valence-electron chi connectivity index (χ0n) is 8.42. The summed E-state index contributed by atoms with van der Waals surface area (Å²) >= 11 is 7.01. The lowest BCUT2D eigenvalue weighted by Gasteiger charge is -2.09. The summed E-state index contributed by atoms with van der Waals surface area (Å²) in [6.45, 7) is 0. The predicted molar refractivity (Wildman–Crippen MR) is 68.8 cm³/mol. The summed E-state index contributed by atoms with van der Waals surface area (Å²) in [6, 6.07) is 4.52. The molecule has 90 valence electrons. The van der Waals surface area contributed by atoms with Gasteiger partial charge in [0.25, 0.3) is 10.0 Å². The third-order valence-corrected chi connectivity index (χ3v) is 4.62. The number of nitrogen functional groups attached to an aromatic ring is 1. The zero-order chi connectivity index (χ0) is 12.5. The third-order valence-electron chi connectivity index (χ3n) is 1.92. The van der Waals surface area contributed by atoms with E-state index in [4.69, 9.17) is 17.3 Å². The van der Waals surface area contributed by atoms with Crippen LogP contribution in [-0.2, 0) is 10.0 Å². The molecule has 17 heavy (non-hydrogen) atoms. The van der Waals surface area contributed by atoms with Crippen LogP contribution in [0.1, 0.15) is 0 Å². The highest BCUT2D eigenvalue weighted by Gasteiger charge is 2.21. The first kappa shape index (κ1) is 12.2. The first-order chi connectivity index (χ1) is 8.00. The van der Waals surface area contributed by atoms with Crippen LogP contribution in [0.3, 0.4) is 0 Å². The number of sulfonamides is 1. The summed E-state index contributed by atoms with van der Waals surface area (Å²) in [4.78, 5) is 3.70. The van der Waals surface area contributed by atoms with Crippen molar-refractivity contribution in [3.63, 3.8) is 0 Å². The number of nitrogens with one attached hydrogen (secondary N) is 1. The minimum absolute atomic E-state index is 0.0778. The molecule has 0 atom stereocenters. The van der Waals surface area contributed by atoms with Crippen molar-refractivity contribution in [3.8, 4) is 0 Å². The first-order valence-corrected chi connectivity index (χ1v) is 7.21. The van der Waals surface area contributed by atoms with E-state index in [0.717, 1.165) is 0 Å². The Kier molecular flexibility index (Phi) is 3.23. The summed E-state index contributed by atoms with van der Waals surface area (Å²) in [5.41, 5.74) is 5.71.